The first kappa shape index (κ1) is 13.5. The van der Waals surface area contributed by atoms with Crippen LogP contribution < -0.4 is 4.74 Å². The van der Waals surface area contributed by atoms with Crippen LogP contribution in [0.25, 0.3) is 5.69 Å². The molecule has 0 aliphatic carbocycles. The Balaban J connectivity index is 2.63. The zero-order chi connectivity index (χ0) is 14.0. The van der Waals surface area contributed by atoms with Crippen LogP contribution in [0, 0.1) is 0 Å². The molecule has 0 saturated carbocycles. The summed E-state index contributed by atoms with van der Waals surface area (Å²) in [6.45, 7) is 1.84. The Hall–Kier alpha value is -1.98. The Kier molecular flexibility index (Phi) is 3.50. The number of ether oxygens (including phenoxy) is 1. The van der Waals surface area contributed by atoms with E-state index in [0.717, 1.165) is 6.07 Å². The zero-order valence-electron chi connectivity index (χ0n) is 10.5. The van der Waals surface area contributed by atoms with Crippen LogP contribution >= 0.6 is 0 Å². The molecule has 0 aliphatic heterocycles. The fraction of sp³-hybridized carbons (Fsp3) is 0.308. The molecule has 0 unspecified atom stereocenters. The van der Waals surface area contributed by atoms with Crippen molar-refractivity contribution >= 4 is 0 Å². The standard InChI is InChI=1S/C13H13F3N2O/c1-3-12-17-6-7-18(12)11-5-4-9(19-2)8-10(11)13(14,15)16/h4-8H,3H2,1-2H3. The van der Waals surface area contributed by atoms with E-state index in [1.54, 1.807) is 0 Å². The Morgan fingerprint density at radius 3 is 2.63 bits per heavy atom. The van der Waals surface area contributed by atoms with Gasteiger partial charge in [0.15, 0.2) is 0 Å². The highest BCUT2D eigenvalue weighted by molar-refractivity contribution is 5.48. The molecule has 1 heterocycles. The number of halogens is 3. The number of nitrogens with zero attached hydrogens (tertiary/aromatic N) is 2. The SMILES string of the molecule is CCc1nccn1-c1ccc(OC)cc1C(F)(F)F. The summed E-state index contributed by atoms with van der Waals surface area (Å²) in [6, 6.07) is 3.89. The van der Waals surface area contributed by atoms with E-state index in [9.17, 15) is 13.2 Å². The fourth-order valence-electron chi connectivity index (χ4n) is 1.89. The van der Waals surface area contributed by atoms with E-state index in [4.69, 9.17) is 4.74 Å². The van der Waals surface area contributed by atoms with Crippen LogP contribution in [0.1, 0.15) is 18.3 Å². The summed E-state index contributed by atoms with van der Waals surface area (Å²) in [5, 5.41) is 0. The third-order valence-electron chi connectivity index (χ3n) is 2.80. The van der Waals surface area contributed by atoms with Gasteiger partial charge in [0.1, 0.15) is 11.6 Å². The lowest BCUT2D eigenvalue weighted by Gasteiger charge is -2.16. The molecule has 102 valence electrons. The van der Waals surface area contributed by atoms with Crippen LogP contribution in [-0.4, -0.2) is 16.7 Å². The van der Waals surface area contributed by atoms with Crippen LogP contribution in [0.2, 0.25) is 0 Å². The number of rotatable bonds is 3. The molecule has 3 nitrogen and oxygen atoms in total. The normalized spacial score (nSPS) is 11.6. The smallest absolute Gasteiger partial charge is 0.418 e. The molecule has 1 aromatic heterocycles. The molecule has 2 rings (SSSR count). The molecule has 1 aromatic carbocycles. The first-order valence-electron chi connectivity index (χ1n) is 5.75. The maximum Gasteiger partial charge on any atom is 0.418 e. The number of hydrogen-bond donors (Lipinski definition) is 0. The van der Waals surface area contributed by atoms with Gasteiger partial charge in [-0.25, -0.2) is 4.98 Å². The Morgan fingerprint density at radius 1 is 1.32 bits per heavy atom. The second-order valence-corrected chi connectivity index (χ2v) is 3.95. The summed E-state index contributed by atoms with van der Waals surface area (Å²) in [5.74, 6) is 0.755. The summed E-state index contributed by atoms with van der Waals surface area (Å²) in [5.41, 5.74) is -0.679. The third-order valence-corrected chi connectivity index (χ3v) is 2.80. The molecular formula is C13H13F3N2O. The van der Waals surface area contributed by atoms with Crippen LogP contribution in [0.4, 0.5) is 13.2 Å². The van der Waals surface area contributed by atoms with Crippen molar-refractivity contribution in [3.8, 4) is 11.4 Å². The minimum Gasteiger partial charge on any atom is -0.497 e. The lowest BCUT2D eigenvalue weighted by atomic mass is 10.1. The Bertz CT molecular complexity index is 576. The van der Waals surface area contributed by atoms with Crippen LogP contribution in [0.5, 0.6) is 5.75 Å². The highest BCUT2D eigenvalue weighted by atomic mass is 19.4. The van der Waals surface area contributed by atoms with E-state index in [0.29, 0.717) is 12.2 Å². The van der Waals surface area contributed by atoms with Crippen molar-refractivity contribution in [2.75, 3.05) is 7.11 Å². The maximum absolute atomic E-state index is 13.1. The van der Waals surface area contributed by atoms with Crippen molar-refractivity contribution in [3.05, 3.63) is 42.0 Å². The fourth-order valence-corrected chi connectivity index (χ4v) is 1.89. The number of aryl methyl sites for hydroxylation is 1. The van der Waals surface area contributed by atoms with E-state index in [-0.39, 0.29) is 11.4 Å². The average Bonchev–Trinajstić information content (AvgIpc) is 2.85. The molecule has 0 amide bonds. The van der Waals surface area contributed by atoms with Crippen molar-refractivity contribution in [1.82, 2.24) is 9.55 Å². The van der Waals surface area contributed by atoms with Gasteiger partial charge in [-0.3, -0.25) is 0 Å². The topological polar surface area (TPSA) is 27.1 Å². The first-order valence-corrected chi connectivity index (χ1v) is 5.75. The van der Waals surface area contributed by atoms with E-state index < -0.39 is 11.7 Å². The van der Waals surface area contributed by atoms with Gasteiger partial charge in [-0.1, -0.05) is 6.92 Å². The summed E-state index contributed by atoms with van der Waals surface area (Å²) < 4.78 is 45.6. The molecule has 0 atom stereocenters. The molecule has 0 radical (unpaired) electrons. The molecule has 0 fully saturated rings. The minimum atomic E-state index is -4.45. The largest absolute Gasteiger partial charge is 0.497 e. The molecule has 19 heavy (non-hydrogen) atoms. The number of imidazole rings is 1. The predicted molar refractivity (Wildman–Crippen MR) is 64.5 cm³/mol. The van der Waals surface area contributed by atoms with Gasteiger partial charge < -0.3 is 9.30 Å². The van der Waals surface area contributed by atoms with E-state index in [1.807, 2.05) is 6.92 Å². The Labute approximate surface area is 108 Å². The summed E-state index contributed by atoms with van der Waals surface area (Å²) >= 11 is 0. The monoisotopic (exact) mass is 270 g/mol. The van der Waals surface area contributed by atoms with Gasteiger partial charge in [0.05, 0.1) is 18.4 Å². The minimum absolute atomic E-state index is 0.0580. The molecule has 0 bridgehead atoms. The molecule has 6 heteroatoms. The van der Waals surface area contributed by atoms with Crippen LogP contribution in [0.3, 0.4) is 0 Å². The van der Waals surface area contributed by atoms with Crippen molar-refractivity contribution in [3.63, 3.8) is 0 Å². The molecule has 0 spiro atoms. The van der Waals surface area contributed by atoms with E-state index >= 15 is 0 Å². The summed E-state index contributed by atoms with van der Waals surface area (Å²) in [6.07, 6.45) is -0.880. The van der Waals surface area contributed by atoms with Gasteiger partial charge in [-0.05, 0) is 18.2 Å². The summed E-state index contributed by atoms with van der Waals surface area (Å²) in [4.78, 5) is 4.04. The third kappa shape index (κ3) is 2.57. The van der Waals surface area contributed by atoms with Crippen LogP contribution in [0.15, 0.2) is 30.6 Å². The first-order chi connectivity index (χ1) is 8.97. The Morgan fingerprint density at radius 2 is 2.05 bits per heavy atom. The van der Waals surface area contributed by atoms with Crippen molar-refractivity contribution in [1.29, 1.82) is 0 Å². The lowest BCUT2D eigenvalue weighted by molar-refractivity contribution is -0.137. The van der Waals surface area contributed by atoms with Gasteiger partial charge in [-0.15, -0.1) is 0 Å². The highest BCUT2D eigenvalue weighted by Crippen LogP contribution is 2.36. The highest BCUT2D eigenvalue weighted by Gasteiger charge is 2.34. The van der Waals surface area contributed by atoms with E-state index in [1.165, 1.54) is 36.2 Å². The van der Waals surface area contributed by atoms with Gasteiger partial charge in [0.25, 0.3) is 0 Å². The van der Waals surface area contributed by atoms with Crippen molar-refractivity contribution in [2.45, 2.75) is 19.5 Å². The molecule has 2 aromatic rings. The number of hydrogen-bond acceptors (Lipinski definition) is 2. The van der Waals surface area contributed by atoms with Crippen LogP contribution in [-0.2, 0) is 12.6 Å². The van der Waals surface area contributed by atoms with Gasteiger partial charge in [-0.2, -0.15) is 13.2 Å². The quantitative estimate of drug-likeness (QED) is 0.854. The molecule has 0 N–H and O–H groups in total. The van der Waals surface area contributed by atoms with Gasteiger partial charge in [0.2, 0.25) is 0 Å². The van der Waals surface area contributed by atoms with E-state index in [2.05, 4.69) is 4.98 Å². The number of aromatic nitrogens is 2. The molecular weight excluding hydrogens is 257 g/mol. The average molecular weight is 270 g/mol. The molecule has 0 aliphatic rings. The second kappa shape index (κ2) is 4.95. The maximum atomic E-state index is 13.1. The van der Waals surface area contributed by atoms with Gasteiger partial charge >= 0.3 is 6.18 Å². The van der Waals surface area contributed by atoms with Gasteiger partial charge in [0, 0.05) is 18.8 Å². The summed E-state index contributed by atoms with van der Waals surface area (Å²) in [7, 11) is 1.34. The number of benzene rings is 1. The second-order valence-electron chi connectivity index (χ2n) is 3.95. The predicted octanol–water partition coefficient (Wildman–Crippen LogP) is 3.46. The molecule has 0 saturated heterocycles. The zero-order valence-corrected chi connectivity index (χ0v) is 10.5. The lowest BCUT2D eigenvalue weighted by Crippen LogP contribution is -2.12. The van der Waals surface area contributed by atoms with Crippen molar-refractivity contribution < 1.29 is 17.9 Å². The number of methoxy groups -OCH3 is 1. The number of alkyl halides is 3. The van der Waals surface area contributed by atoms with Crippen molar-refractivity contribution in [2.24, 2.45) is 0 Å².